The summed E-state index contributed by atoms with van der Waals surface area (Å²) in [5, 5.41) is 17.9. The van der Waals surface area contributed by atoms with Gasteiger partial charge in [0.15, 0.2) is 5.13 Å². The summed E-state index contributed by atoms with van der Waals surface area (Å²) in [5.41, 5.74) is 5.82. The minimum absolute atomic E-state index is 0.504. The molecule has 0 aliphatic heterocycles. The molecule has 0 aliphatic carbocycles. The highest BCUT2D eigenvalue weighted by atomic mass is 32.1. The van der Waals surface area contributed by atoms with Crippen LogP contribution in [0.4, 0.5) is 5.13 Å². The van der Waals surface area contributed by atoms with Crippen LogP contribution in [0.25, 0.3) is 16.8 Å². The number of hydrogen-bond acceptors (Lipinski definition) is 6. The van der Waals surface area contributed by atoms with Gasteiger partial charge in [-0.15, -0.1) is 29.3 Å². The third-order valence-corrected chi connectivity index (χ3v) is 5.74. The number of aromatic nitrogens is 3. The molecule has 3 rings (SSSR count). The molecule has 0 spiro atoms. The van der Waals surface area contributed by atoms with Crippen molar-refractivity contribution < 1.29 is 0 Å². The molecule has 1 N–H and O–H groups in total. The van der Waals surface area contributed by atoms with Gasteiger partial charge in [-0.25, -0.2) is 9.97 Å². The first-order valence-electron chi connectivity index (χ1n) is 8.06. The lowest BCUT2D eigenvalue weighted by molar-refractivity contribution is 0.770. The van der Waals surface area contributed by atoms with E-state index in [-0.39, 0.29) is 0 Å². The molecule has 0 aromatic carbocycles. The Balaban J connectivity index is 1.82. The second kappa shape index (κ2) is 7.68. The summed E-state index contributed by atoms with van der Waals surface area (Å²) in [6, 6.07) is 4.33. The molecular formula is C19H19N5S2. The molecule has 0 bridgehead atoms. The summed E-state index contributed by atoms with van der Waals surface area (Å²) < 4.78 is 2.22. The fourth-order valence-electron chi connectivity index (χ4n) is 2.69. The van der Waals surface area contributed by atoms with E-state index < -0.39 is 0 Å². The maximum absolute atomic E-state index is 9.35. The van der Waals surface area contributed by atoms with Crippen LogP contribution >= 0.6 is 22.7 Å². The molecule has 0 atom stereocenters. The zero-order valence-electron chi connectivity index (χ0n) is 14.9. The predicted molar refractivity (Wildman–Crippen MR) is 109 cm³/mol. The van der Waals surface area contributed by atoms with Gasteiger partial charge >= 0.3 is 0 Å². The van der Waals surface area contributed by atoms with Gasteiger partial charge in [-0.3, -0.25) is 0 Å². The SMILES string of the molecule is C=CCn1c(C)cc(-c2csc(N/C=C(\C#N)c3nc(C)cs3)n2)c1C. The predicted octanol–water partition coefficient (Wildman–Crippen LogP) is 5.16. The van der Waals surface area contributed by atoms with Crippen molar-refractivity contribution in [3.63, 3.8) is 0 Å². The molecule has 0 amide bonds. The van der Waals surface area contributed by atoms with E-state index in [2.05, 4.69) is 52.4 Å². The second-order valence-corrected chi connectivity index (χ2v) is 7.55. The van der Waals surface area contributed by atoms with E-state index in [4.69, 9.17) is 0 Å². The average molecular weight is 382 g/mol. The normalized spacial score (nSPS) is 11.4. The van der Waals surface area contributed by atoms with Crippen molar-refractivity contribution in [2.75, 3.05) is 5.32 Å². The molecular weight excluding hydrogens is 362 g/mol. The average Bonchev–Trinajstić information content (AvgIpc) is 3.32. The lowest BCUT2D eigenvalue weighted by atomic mass is 10.2. The minimum atomic E-state index is 0.504. The Morgan fingerprint density at radius 3 is 2.77 bits per heavy atom. The molecule has 0 saturated carbocycles. The number of anilines is 1. The van der Waals surface area contributed by atoms with Gasteiger partial charge in [-0.05, 0) is 26.8 Å². The zero-order valence-corrected chi connectivity index (χ0v) is 16.5. The highest BCUT2D eigenvalue weighted by Gasteiger charge is 2.13. The lowest BCUT2D eigenvalue weighted by Gasteiger charge is -2.05. The van der Waals surface area contributed by atoms with Crippen LogP contribution in [-0.2, 0) is 6.54 Å². The highest BCUT2D eigenvalue weighted by Crippen LogP contribution is 2.30. The largest absolute Gasteiger partial charge is 0.345 e. The number of allylic oxidation sites excluding steroid dienone is 2. The fraction of sp³-hybridized carbons (Fsp3) is 0.211. The summed E-state index contributed by atoms with van der Waals surface area (Å²) in [7, 11) is 0. The van der Waals surface area contributed by atoms with Crippen LogP contribution in [0.3, 0.4) is 0 Å². The van der Waals surface area contributed by atoms with Crippen LogP contribution in [0.1, 0.15) is 22.1 Å². The molecule has 3 aromatic heterocycles. The van der Waals surface area contributed by atoms with Crippen molar-refractivity contribution in [2.45, 2.75) is 27.3 Å². The van der Waals surface area contributed by atoms with Crippen molar-refractivity contribution in [1.29, 1.82) is 5.26 Å². The van der Waals surface area contributed by atoms with Crippen molar-refractivity contribution >= 4 is 33.4 Å². The van der Waals surface area contributed by atoms with Crippen LogP contribution in [0.15, 0.2) is 35.7 Å². The summed E-state index contributed by atoms with van der Waals surface area (Å²) in [6.45, 7) is 10.7. The molecule has 5 nitrogen and oxygen atoms in total. The summed E-state index contributed by atoms with van der Waals surface area (Å²) in [5.74, 6) is 0. The summed E-state index contributed by atoms with van der Waals surface area (Å²) in [4.78, 5) is 9.01. The number of nitriles is 1. The van der Waals surface area contributed by atoms with Gasteiger partial charge in [-0.1, -0.05) is 6.08 Å². The monoisotopic (exact) mass is 381 g/mol. The highest BCUT2D eigenvalue weighted by molar-refractivity contribution is 7.14. The number of hydrogen-bond donors (Lipinski definition) is 1. The fourth-order valence-corrected chi connectivity index (χ4v) is 4.13. The first-order chi connectivity index (χ1) is 12.5. The van der Waals surface area contributed by atoms with Crippen molar-refractivity contribution in [2.24, 2.45) is 0 Å². The first-order valence-corrected chi connectivity index (χ1v) is 9.82. The Labute approximate surface area is 161 Å². The maximum atomic E-state index is 9.35. The van der Waals surface area contributed by atoms with E-state index in [0.717, 1.165) is 28.6 Å². The molecule has 3 aromatic rings. The van der Waals surface area contributed by atoms with E-state index in [1.165, 1.54) is 34.1 Å². The quantitative estimate of drug-likeness (QED) is 0.473. The number of nitrogens with zero attached hydrogens (tertiary/aromatic N) is 4. The number of nitrogens with one attached hydrogen (secondary N) is 1. The summed E-state index contributed by atoms with van der Waals surface area (Å²) in [6.07, 6.45) is 3.56. The molecule has 0 unspecified atom stereocenters. The Hall–Kier alpha value is -2.69. The van der Waals surface area contributed by atoms with E-state index in [1.807, 2.05) is 23.8 Å². The minimum Gasteiger partial charge on any atom is -0.345 e. The van der Waals surface area contributed by atoms with Crippen molar-refractivity contribution in [3.05, 3.63) is 57.8 Å². The molecule has 132 valence electrons. The van der Waals surface area contributed by atoms with Gasteiger partial charge < -0.3 is 9.88 Å². The second-order valence-electron chi connectivity index (χ2n) is 5.83. The first kappa shape index (κ1) is 18.1. The van der Waals surface area contributed by atoms with Crippen LogP contribution in [0, 0.1) is 32.1 Å². The molecule has 26 heavy (non-hydrogen) atoms. The third-order valence-electron chi connectivity index (χ3n) is 3.98. The molecule has 3 heterocycles. The van der Waals surface area contributed by atoms with Gasteiger partial charge in [0.1, 0.15) is 16.6 Å². The van der Waals surface area contributed by atoms with Gasteiger partial charge in [0.05, 0.1) is 5.69 Å². The van der Waals surface area contributed by atoms with Crippen LogP contribution < -0.4 is 5.32 Å². The topological polar surface area (TPSA) is 66.5 Å². The number of rotatable bonds is 6. The van der Waals surface area contributed by atoms with Gasteiger partial charge in [0.25, 0.3) is 0 Å². The Morgan fingerprint density at radius 2 is 2.12 bits per heavy atom. The van der Waals surface area contributed by atoms with Crippen LogP contribution in [-0.4, -0.2) is 14.5 Å². The smallest absolute Gasteiger partial charge is 0.187 e. The van der Waals surface area contributed by atoms with Crippen molar-refractivity contribution in [3.8, 4) is 17.3 Å². The molecule has 0 saturated heterocycles. The molecule has 7 heteroatoms. The Bertz CT molecular complexity index is 1010. The standard InChI is InChI=1S/C19H19N5S2/c1-5-6-24-13(3)7-16(14(24)4)17-11-26-19(23-17)21-9-15(8-20)18-22-12(2)10-25-18/h5,7,9-11H,1,6H2,2-4H3,(H,21,23)/b15-9+. The van der Waals surface area contributed by atoms with E-state index in [9.17, 15) is 5.26 Å². The van der Waals surface area contributed by atoms with Crippen LogP contribution in [0.2, 0.25) is 0 Å². The summed E-state index contributed by atoms with van der Waals surface area (Å²) >= 11 is 2.97. The van der Waals surface area contributed by atoms with E-state index in [1.54, 1.807) is 6.20 Å². The third kappa shape index (κ3) is 3.62. The molecule has 0 aliphatic rings. The zero-order chi connectivity index (χ0) is 18.7. The van der Waals surface area contributed by atoms with Gasteiger partial charge in [0, 0.05) is 46.2 Å². The maximum Gasteiger partial charge on any atom is 0.187 e. The van der Waals surface area contributed by atoms with E-state index >= 15 is 0 Å². The number of thiazole rings is 2. The van der Waals surface area contributed by atoms with Gasteiger partial charge in [-0.2, -0.15) is 5.26 Å². The van der Waals surface area contributed by atoms with E-state index in [0.29, 0.717) is 10.6 Å². The number of aryl methyl sites for hydroxylation is 2. The Morgan fingerprint density at radius 1 is 1.31 bits per heavy atom. The Kier molecular flexibility index (Phi) is 5.35. The van der Waals surface area contributed by atoms with Crippen molar-refractivity contribution in [1.82, 2.24) is 14.5 Å². The lowest BCUT2D eigenvalue weighted by Crippen LogP contribution is -1.99. The van der Waals surface area contributed by atoms with Gasteiger partial charge in [0.2, 0.25) is 0 Å². The molecule has 0 radical (unpaired) electrons. The van der Waals surface area contributed by atoms with Crippen LogP contribution in [0.5, 0.6) is 0 Å². The molecule has 0 fully saturated rings.